The van der Waals surface area contributed by atoms with Crippen LogP contribution >= 0.6 is 0 Å². The van der Waals surface area contributed by atoms with Gasteiger partial charge in [0.05, 0.1) is 12.1 Å². The van der Waals surface area contributed by atoms with Crippen LogP contribution in [0.25, 0.3) is 0 Å². The average molecular weight is 493 g/mol. The number of ether oxygens (including phenoxy) is 1. The van der Waals surface area contributed by atoms with Crippen molar-refractivity contribution in [1.29, 1.82) is 0 Å². The van der Waals surface area contributed by atoms with E-state index >= 15 is 0 Å². The van der Waals surface area contributed by atoms with Crippen molar-refractivity contribution in [3.8, 4) is 0 Å². The molecule has 194 valence electrons. The quantitative estimate of drug-likeness (QED) is 0.603. The molecular formula is C29H40N4O3. The number of carbonyl (C=O) groups is 2. The Labute approximate surface area is 215 Å². The van der Waals surface area contributed by atoms with Crippen molar-refractivity contribution in [3.05, 3.63) is 59.9 Å². The maximum Gasteiger partial charge on any atom is 0.248 e. The third-order valence-electron chi connectivity index (χ3n) is 7.43. The van der Waals surface area contributed by atoms with Gasteiger partial charge in [0.2, 0.25) is 11.8 Å². The molecule has 1 saturated carbocycles. The van der Waals surface area contributed by atoms with Gasteiger partial charge < -0.3 is 15.4 Å². The molecule has 36 heavy (non-hydrogen) atoms. The van der Waals surface area contributed by atoms with E-state index in [0.29, 0.717) is 24.2 Å². The molecule has 3 atom stereocenters. The minimum absolute atomic E-state index is 0.0207. The summed E-state index contributed by atoms with van der Waals surface area (Å²) in [7, 11) is 1.66. The standard InChI is InChI=1S/C29H40N4O3/c1-29(2,3)21-12-14-23(15-13-21)33(28(35)25-17-24(36-4)19-31-25)26(20-9-8-16-30-18-20)27(34)32-22-10-6-5-7-11-22/h8-9,12-16,18,22,24-26,31H,5-7,10-11,17,19H2,1-4H3,(H,32,34)/t24-,25-,26?/m1/s1. The van der Waals surface area contributed by atoms with Crippen LogP contribution < -0.4 is 15.5 Å². The first-order valence-corrected chi connectivity index (χ1v) is 13.2. The van der Waals surface area contributed by atoms with E-state index < -0.39 is 12.1 Å². The number of amides is 2. The normalized spacial score (nSPS) is 21.7. The third kappa shape index (κ3) is 6.13. The number of rotatable bonds is 7. The summed E-state index contributed by atoms with van der Waals surface area (Å²) in [6.45, 7) is 7.09. The van der Waals surface area contributed by atoms with Gasteiger partial charge >= 0.3 is 0 Å². The van der Waals surface area contributed by atoms with E-state index in [0.717, 1.165) is 25.7 Å². The second-order valence-electron chi connectivity index (χ2n) is 11.1. The fraction of sp³-hybridized carbons (Fsp3) is 0.552. The van der Waals surface area contributed by atoms with Crippen molar-refractivity contribution in [1.82, 2.24) is 15.6 Å². The highest BCUT2D eigenvalue weighted by atomic mass is 16.5. The molecule has 1 saturated heterocycles. The second-order valence-corrected chi connectivity index (χ2v) is 11.1. The van der Waals surface area contributed by atoms with Gasteiger partial charge in [-0.1, -0.05) is 58.2 Å². The van der Waals surface area contributed by atoms with E-state index in [4.69, 9.17) is 4.74 Å². The molecular weight excluding hydrogens is 452 g/mol. The molecule has 0 radical (unpaired) electrons. The van der Waals surface area contributed by atoms with Crippen LogP contribution in [0, 0.1) is 0 Å². The predicted octanol–water partition coefficient (Wildman–Crippen LogP) is 4.28. The van der Waals surface area contributed by atoms with Crippen LogP contribution in [0.1, 0.15) is 76.5 Å². The Balaban J connectivity index is 1.73. The summed E-state index contributed by atoms with van der Waals surface area (Å²) in [4.78, 5) is 34.0. The third-order valence-corrected chi connectivity index (χ3v) is 7.43. The lowest BCUT2D eigenvalue weighted by atomic mass is 9.87. The van der Waals surface area contributed by atoms with Crippen LogP contribution in [0.4, 0.5) is 5.69 Å². The zero-order valence-electron chi connectivity index (χ0n) is 22.0. The summed E-state index contributed by atoms with van der Waals surface area (Å²) in [5, 5.41) is 6.57. The number of aromatic nitrogens is 1. The first-order chi connectivity index (χ1) is 17.3. The number of hydrogen-bond acceptors (Lipinski definition) is 5. The number of anilines is 1. The molecule has 2 heterocycles. The maximum absolute atomic E-state index is 14.1. The number of pyridine rings is 1. The minimum Gasteiger partial charge on any atom is -0.380 e. The fourth-order valence-corrected chi connectivity index (χ4v) is 5.25. The van der Waals surface area contributed by atoms with Crippen molar-refractivity contribution < 1.29 is 14.3 Å². The van der Waals surface area contributed by atoms with Gasteiger partial charge in [0.25, 0.3) is 0 Å². The highest BCUT2D eigenvalue weighted by Gasteiger charge is 2.40. The van der Waals surface area contributed by atoms with Crippen LogP contribution in [0.2, 0.25) is 0 Å². The van der Waals surface area contributed by atoms with E-state index in [9.17, 15) is 9.59 Å². The summed E-state index contributed by atoms with van der Waals surface area (Å²) < 4.78 is 5.50. The van der Waals surface area contributed by atoms with Gasteiger partial charge in [0.15, 0.2) is 0 Å². The van der Waals surface area contributed by atoms with Gasteiger partial charge in [-0.2, -0.15) is 0 Å². The average Bonchev–Trinajstić information content (AvgIpc) is 3.37. The monoisotopic (exact) mass is 492 g/mol. The van der Waals surface area contributed by atoms with Crippen molar-refractivity contribution in [2.75, 3.05) is 18.6 Å². The largest absolute Gasteiger partial charge is 0.380 e. The Morgan fingerprint density at radius 2 is 1.83 bits per heavy atom. The fourth-order valence-electron chi connectivity index (χ4n) is 5.25. The van der Waals surface area contributed by atoms with E-state index in [1.54, 1.807) is 24.4 Å². The molecule has 2 amide bonds. The molecule has 7 nitrogen and oxygen atoms in total. The lowest BCUT2D eigenvalue weighted by molar-refractivity contribution is -0.128. The smallest absolute Gasteiger partial charge is 0.248 e. The maximum atomic E-state index is 14.1. The number of benzene rings is 1. The Kier molecular flexibility index (Phi) is 8.42. The van der Waals surface area contributed by atoms with Gasteiger partial charge in [-0.15, -0.1) is 0 Å². The molecule has 1 aromatic heterocycles. The van der Waals surface area contributed by atoms with Crippen molar-refractivity contribution in [2.24, 2.45) is 0 Å². The molecule has 7 heteroatoms. The molecule has 1 aromatic carbocycles. The summed E-state index contributed by atoms with van der Waals surface area (Å²) in [6, 6.07) is 10.6. The zero-order chi connectivity index (χ0) is 25.7. The summed E-state index contributed by atoms with van der Waals surface area (Å²) >= 11 is 0. The topological polar surface area (TPSA) is 83.6 Å². The van der Waals surface area contributed by atoms with Crippen molar-refractivity contribution in [2.45, 2.75) is 88.9 Å². The molecule has 4 rings (SSSR count). The van der Waals surface area contributed by atoms with Gasteiger partial charge in [-0.3, -0.25) is 19.5 Å². The van der Waals surface area contributed by atoms with Gasteiger partial charge in [0, 0.05) is 43.3 Å². The molecule has 2 fully saturated rings. The van der Waals surface area contributed by atoms with Crippen molar-refractivity contribution >= 4 is 17.5 Å². The molecule has 0 bridgehead atoms. The predicted molar refractivity (Wildman–Crippen MR) is 142 cm³/mol. The van der Waals surface area contributed by atoms with E-state index in [2.05, 4.69) is 48.5 Å². The van der Waals surface area contributed by atoms with Crippen molar-refractivity contribution in [3.63, 3.8) is 0 Å². The molecule has 2 aliphatic rings. The van der Waals surface area contributed by atoms with Gasteiger partial charge in [-0.05, 0) is 48.4 Å². The number of hydrogen-bond donors (Lipinski definition) is 2. The number of methoxy groups -OCH3 is 1. The van der Waals surface area contributed by atoms with E-state index in [-0.39, 0.29) is 29.4 Å². The highest BCUT2D eigenvalue weighted by molar-refractivity contribution is 6.04. The second kappa shape index (κ2) is 11.5. The van der Waals surface area contributed by atoms with Crippen LogP contribution in [0.15, 0.2) is 48.8 Å². The first kappa shape index (κ1) is 26.3. The van der Waals surface area contributed by atoms with Crippen LogP contribution in [-0.2, 0) is 19.7 Å². The summed E-state index contributed by atoms with van der Waals surface area (Å²) in [5.41, 5.74) is 2.54. The molecule has 2 N–H and O–H groups in total. The minimum atomic E-state index is -0.822. The Bertz CT molecular complexity index is 1010. The van der Waals surface area contributed by atoms with Crippen LogP contribution in [0.5, 0.6) is 0 Å². The number of nitrogens with one attached hydrogen (secondary N) is 2. The van der Waals surface area contributed by atoms with Gasteiger partial charge in [-0.25, -0.2) is 0 Å². The lowest BCUT2D eigenvalue weighted by Crippen LogP contribution is -2.51. The van der Waals surface area contributed by atoms with Crippen LogP contribution in [-0.4, -0.2) is 48.6 Å². The Hall–Kier alpha value is -2.77. The Morgan fingerprint density at radius 1 is 1.11 bits per heavy atom. The van der Waals surface area contributed by atoms with Gasteiger partial charge in [0.1, 0.15) is 6.04 Å². The zero-order valence-corrected chi connectivity index (χ0v) is 22.0. The van der Waals surface area contributed by atoms with Crippen LogP contribution in [0.3, 0.4) is 0 Å². The summed E-state index contributed by atoms with van der Waals surface area (Å²) in [5.74, 6) is -0.296. The number of carbonyl (C=O) groups excluding carboxylic acids is 2. The molecule has 1 aliphatic heterocycles. The van der Waals surface area contributed by atoms with E-state index in [1.165, 1.54) is 12.0 Å². The Morgan fingerprint density at radius 3 is 2.42 bits per heavy atom. The van der Waals surface area contributed by atoms with E-state index in [1.807, 2.05) is 24.3 Å². The summed E-state index contributed by atoms with van der Waals surface area (Å²) in [6.07, 6.45) is 9.29. The first-order valence-electron chi connectivity index (χ1n) is 13.2. The highest BCUT2D eigenvalue weighted by Crippen LogP contribution is 2.32. The SMILES string of the molecule is CO[C@H]1CN[C@@H](C(=O)N(c2ccc(C(C)(C)C)cc2)C(C(=O)NC2CCCCC2)c2cccnc2)C1. The molecule has 2 aromatic rings. The molecule has 1 aliphatic carbocycles. The molecule has 1 unspecified atom stereocenters. The number of nitrogens with zero attached hydrogens (tertiary/aromatic N) is 2. The lowest BCUT2D eigenvalue weighted by Gasteiger charge is -2.35. The molecule has 0 spiro atoms.